The van der Waals surface area contributed by atoms with Crippen molar-refractivity contribution in [3.8, 4) is 5.75 Å². The van der Waals surface area contributed by atoms with Crippen LogP contribution in [0.4, 0.5) is 0 Å². The topological polar surface area (TPSA) is 57.5 Å². The van der Waals surface area contributed by atoms with Gasteiger partial charge < -0.3 is 10.2 Å². The summed E-state index contributed by atoms with van der Waals surface area (Å²) in [6.45, 7) is 0. The quantitative estimate of drug-likeness (QED) is 0.889. The summed E-state index contributed by atoms with van der Waals surface area (Å²) >= 11 is 3.29. The first-order valence-electron chi connectivity index (χ1n) is 4.70. The molecule has 0 unspecified atom stereocenters. The van der Waals surface area contributed by atoms with E-state index >= 15 is 0 Å². The number of benzene rings is 2. The van der Waals surface area contributed by atoms with Gasteiger partial charge >= 0.3 is 5.97 Å². The number of halogens is 1. The number of aromatic hydroxyl groups is 1. The minimum Gasteiger partial charge on any atom is -0.507 e. The molecule has 16 heavy (non-hydrogen) atoms. The summed E-state index contributed by atoms with van der Waals surface area (Å²) in [5, 5.41) is 20.0. The number of aliphatic carboxylic acids is 1. The largest absolute Gasteiger partial charge is 0.507 e. The highest BCUT2D eigenvalue weighted by Crippen LogP contribution is 2.32. The Morgan fingerprint density at radius 2 is 2.00 bits per heavy atom. The average Bonchev–Trinajstić information content (AvgIpc) is 2.23. The summed E-state index contributed by atoms with van der Waals surface area (Å²) in [5.74, 6) is -0.671. The number of phenolic OH excluding ortho intramolecular Hbond substituents is 1. The molecule has 0 aliphatic carbocycles. The molecular formula is C12H9BrO3. The molecule has 82 valence electrons. The van der Waals surface area contributed by atoms with Gasteiger partial charge in [-0.1, -0.05) is 24.3 Å². The van der Waals surface area contributed by atoms with Gasteiger partial charge in [0, 0.05) is 0 Å². The van der Waals surface area contributed by atoms with Crippen LogP contribution in [-0.2, 0) is 11.2 Å². The van der Waals surface area contributed by atoms with Crippen LogP contribution in [0.1, 0.15) is 5.56 Å². The van der Waals surface area contributed by atoms with Crippen LogP contribution in [0.3, 0.4) is 0 Å². The first-order valence-corrected chi connectivity index (χ1v) is 5.49. The van der Waals surface area contributed by atoms with Crippen molar-refractivity contribution in [3.63, 3.8) is 0 Å². The maximum absolute atomic E-state index is 10.6. The average molecular weight is 281 g/mol. The molecule has 4 heteroatoms. The molecule has 0 saturated carbocycles. The van der Waals surface area contributed by atoms with E-state index in [4.69, 9.17) is 5.11 Å². The smallest absolute Gasteiger partial charge is 0.307 e. The van der Waals surface area contributed by atoms with E-state index < -0.39 is 5.97 Å². The van der Waals surface area contributed by atoms with E-state index in [0.717, 1.165) is 16.3 Å². The summed E-state index contributed by atoms with van der Waals surface area (Å²) in [5.41, 5.74) is 0.748. The molecule has 0 radical (unpaired) electrons. The molecule has 0 saturated heterocycles. The zero-order valence-electron chi connectivity index (χ0n) is 8.27. The van der Waals surface area contributed by atoms with Crippen molar-refractivity contribution in [2.45, 2.75) is 6.42 Å². The van der Waals surface area contributed by atoms with Crippen LogP contribution in [0.25, 0.3) is 10.8 Å². The lowest BCUT2D eigenvalue weighted by Crippen LogP contribution is -1.99. The van der Waals surface area contributed by atoms with Crippen molar-refractivity contribution in [2.24, 2.45) is 0 Å². The molecule has 0 heterocycles. The highest BCUT2D eigenvalue weighted by atomic mass is 79.9. The van der Waals surface area contributed by atoms with Gasteiger partial charge in [-0.05, 0) is 38.3 Å². The second-order valence-corrected chi connectivity index (χ2v) is 4.32. The van der Waals surface area contributed by atoms with Gasteiger partial charge in [-0.2, -0.15) is 0 Å². The molecule has 0 aliphatic rings. The molecular weight excluding hydrogens is 272 g/mol. The zero-order valence-corrected chi connectivity index (χ0v) is 9.86. The maximum atomic E-state index is 10.6. The number of hydrogen-bond donors (Lipinski definition) is 2. The fourth-order valence-corrected chi connectivity index (χ4v) is 2.11. The number of fused-ring (bicyclic) bond motifs is 1. The molecule has 0 fully saturated rings. The van der Waals surface area contributed by atoms with Gasteiger partial charge in [-0.15, -0.1) is 0 Å². The van der Waals surface area contributed by atoms with Crippen molar-refractivity contribution in [2.75, 3.05) is 0 Å². The van der Waals surface area contributed by atoms with E-state index in [1.54, 1.807) is 24.3 Å². The van der Waals surface area contributed by atoms with Gasteiger partial charge in [0.2, 0.25) is 0 Å². The zero-order chi connectivity index (χ0) is 11.7. The molecule has 3 nitrogen and oxygen atoms in total. The van der Waals surface area contributed by atoms with Crippen LogP contribution in [0.2, 0.25) is 0 Å². The van der Waals surface area contributed by atoms with Gasteiger partial charge in [0.1, 0.15) is 5.75 Å². The summed E-state index contributed by atoms with van der Waals surface area (Å²) in [4.78, 5) is 10.6. The van der Waals surface area contributed by atoms with E-state index in [9.17, 15) is 9.90 Å². The Labute approximate surface area is 100 Å². The fourth-order valence-electron chi connectivity index (χ4n) is 1.61. The Morgan fingerprint density at radius 3 is 2.69 bits per heavy atom. The molecule has 0 spiro atoms. The molecule has 2 aromatic rings. The Hall–Kier alpha value is -1.55. The highest BCUT2D eigenvalue weighted by Gasteiger charge is 2.06. The summed E-state index contributed by atoms with van der Waals surface area (Å²) in [7, 11) is 0. The van der Waals surface area contributed by atoms with Gasteiger partial charge in [-0.25, -0.2) is 0 Å². The summed E-state index contributed by atoms with van der Waals surface area (Å²) in [6, 6.07) is 8.71. The minimum absolute atomic E-state index is 0.00837. The molecule has 0 bridgehead atoms. The number of carbonyl (C=O) groups is 1. The number of phenols is 1. The van der Waals surface area contributed by atoms with Crippen molar-refractivity contribution in [1.82, 2.24) is 0 Å². The predicted octanol–water partition coefficient (Wildman–Crippen LogP) is 2.94. The molecule has 2 N–H and O–H groups in total. The molecule has 0 aromatic heterocycles. The van der Waals surface area contributed by atoms with Crippen LogP contribution in [0.5, 0.6) is 5.75 Å². The number of carboxylic acids is 1. The van der Waals surface area contributed by atoms with Crippen LogP contribution >= 0.6 is 15.9 Å². The third kappa shape index (κ3) is 2.02. The Morgan fingerprint density at radius 1 is 1.25 bits per heavy atom. The lowest BCUT2D eigenvalue weighted by atomic mass is 10.0. The fraction of sp³-hybridized carbons (Fsp3) is 0.0833. The molecule has 2 rings (SSSR count). The third-order valence-corrected chi connectivity index (χ3v) is 3.19. The predicted molar refractivity (Wildman–Crippen MR) is 64.7 cm³/mol. The van der Waals surface area contributed by atoms with Crippen molar-refractivity contribution in [1.29, 1.82) is 0 Å². The van der Waals surface area contributed by atoms with Crippen molar-refractivity contribution >= 4 is 32.7 Å². The number of carboxylic acid groups (broad SMARTS) is 1. The first-order chi connectivity index (χ1) is 7.58. The Bertz CT molecular complexity index is 563. The van der Waals surface area contributed by atoms with Crippen molar-refractivity contribution < 1.29 is 15.0 Å². The monoisotopic (exact) mass is 280 g/mol. The van der Waals surface area contributed by atoms with Crippen LogP contribution in [-0.4, -0.2) is 16.2 Å². The summed E-state index contributed by atoms with van der Waals surface area (Å²) < 4.78 is 0.631. The third-order valence-electron chi connectivity index (χ3n) is 2.35. The lowest BCUT2D eigenvalue weighted by molar-refractivity contribution is -0.136. The molecule has 0 amide bonds. The van der Waals surface area contributed by atoms with Crippen molar-refractivity contribution in [3.05, 3.63) is 40.4 Å². The first kappa shape index (κ1) is 11.0. The van der Waals surface area contributed by atoms with E-state index in [2.05, 4.69) is 15.9 Å². The van der Waals surface area contributed by atoms with Crippen LogP contribution in [0, 0.1) is 0 Å². The van der Waals surface area contributed by atoms with Gasteiger partial charge in [0.25, 0.3) is 0 Å². The van der Waals surface area contributed by atoms with E-state index in [-0.39, 0.29) is 12.2 Å². The maximum Gasteiger partial charge on any atom is 0.307 e. The molecule has 0 aliphatic heterocycles. The minimum atomic E-state index is -0.850. The van der Waals surface area contributed by atoms with E-state index in [0.29, 0.717) is 4.47 Å². The van der Waals surface area contributed by atoms with Gasteiger partial charge in [0.15, 0.2) is 0 Å². The van der Waals surface area contributed by atoms with Gasteiger partial charge in [-0.3, -0.25) is 4.79 Å². The second kappa shape index (κ2) is 4.14. The van der Waals surface area contributed by atoms with Gasteiger partial charge in [0.05, 0.1) is 10.9 Å². The Kier molecular flexibility index (Phi) is 2.83. The lowest BCUT2D eigenvalue weighted by Gasteiger charge is -2.05. The van der Waals surface area contributed by atoms with Crippen LogP contribution < -0.4 is 0 Å². The standard InChI is InChI=1S/C12H9BrO3/c13-12-9-3-1-7(6-11(15)16)5-8(9)2-4-10(12)14/h1-5,14H,6H2,(H,15,16). The highest BCUT2D eigenvalue weighted by molar-refractivity contribution is 9.10. The summed E-state index contributed by atoms with van der Waals surface area (Å²) in [6.07, 6.45) is 0.00837. The van der Waals surface area contributed by atoms with E-state index in [1.165, 1.54) is 0 Å². The van der Waals surface area contributed by atoms with Crippen LogP contribution in [0.15, 0.2) is 34.8 Å². The number of hydrogen-bond acceptors (Lipinski definition) is 2. The normalized spacial score (nSPS) is 10.6. The molecule has 2 aromatic carbocycles. The second-order valence-electron chi connectivity index (χ2n) is 3.52. The van der Waals surface area contributed by atoms with E-state index in [1.807, 2.05) is 6.07 Å². The molecule has 0 atom stereocenters. The SMILES string of the molecule is O=C(O)Cc1ccc2c(Br)c(O)ccc2c1. The Balaban J connectivity index is 2.56. The number of rotatable bonds is 2.